The topological polar surface area (TPSA) is 173 Å². The second-order valence-electron chi connectivity index (χ2n) is 6.77. The van der Waals surface area contributed by atoms with E-state index in [4.69, 9.17) is 0 Å². The summed E-state index contributed by atoms with van der Waals surface area (Å²) in [7, 11) is 0. The second-order valence-corrected chi connectivity index (χ2v) is 9.98. The lowest BCUT2D eigenvalue weighted by molar-refractivity contribution is -0.385. The van der Waals surface area contributed by atoms with E-state index in [2.05, 4.69) is 0 Å². The molecule has 0 radical (unpaired) electrons. The van der Waals surface area contributed by atoms with E-state index in [0.29, 0.717) is 30.7 Å². The third-order valence-electron chi connectivity index (χ3n) is 4.64. The number of non-ortho nitro benzene ring substituents is 2. The Balaban J connectivity index is 1.84. The van der Waals surface area contributed by atoms with Crippen molar-refractivity contribution < 1.29 is 19.7 Å². The predicted molar refractivity (Wildman–Crippen MR) is 130 cm³/mol. The van der Waals surface area contributed by atoms with Crippen molar-refractivity contribution in [3.63, 3.8) is 0 Å². The Morgan fingerprint density at radius 3 is 1.26 bits per heavy atom. The van der Waals surface area contributed by atoms with E-state index < -0.39 is 19.7 Å². The van der Waals surface area contributed by atoms with Gasteiger partial charge in [0.05, 0.1) is 19.7 Å². The number of hydrogen-bond donors (Lipinski definition) is 0. The molecule has 0 unspecified atom stereocenters. The molecule has 0 fully saturated rings. The minimum atomic E-state index is -0.581. The van der Waals surface area contributed by atoms with Crippen molar-refractivity contribution in [1.29, 1.82) is 0 Å². The van der Waals surface area contributed by atoms with E-state index >= 15 is 0 Å². The summed E-state index contributed by atoms with van der Waals surface area (Å²) in [4.78, 5) is 44.5. The molecule has 176 valence electrons. The van der Waals surface area contributed by atoms with Crippen LogP contribution in [0, 0.1) is 40.5 Å². The lowest BCUT2D eigenvalue weighted by atomic mass is 10.1. The highest BCUT2D eigenvalue weighted by molar-refractivity contribution is 7.99. The fourth-order valence-electron chi connectivity index (χ4n) is 3.09. The number of nitro benzene ring substituents is 2. The third kappa shape index (κ3) is 5.01. The van der Waals surface area contributed by atoms with Crippen molar-refractivity contribution in [1.82, 2.24) is 0 Å². The van der Waals surface area contributed by atoms with Gasteiger partial charge in [-0.1, -0.05) is 34.4 Å². The Kier molecular flexibility index (Phi) is 6.54. The zero-order chi connectivity index (χ0) is 25.3. The first-order valence-electron chi connectivity index (χ1n) is 9.38. The van der Waals surface area contributed by atoms with Crippen LogP contribution in [0.2, 0.25) is 0 Å². The van der Waals surface area contributed by atoms with Crippen molar-refractivity contribution >= 4 is 55.8 Å². The van der Waals surface area contributed by atoms with Gasteiger partial charge in [0.1, 0.15) is 0 Å². The Morgan fingerprint density at radius 1 is 0.543 bits per heavy atom. The summed E-state index contributed by atoms with van der Waals surface area (Å²) in [6.07, 6.45) is 0. The molecule has 0 aliphatic rings. The van der Waals surface area contributed by atoms with Crippen molar-refractivity contribution in [3.8, 4) is 20.9 Å². The van der Waals surface area contributed by atoms with Gasteiger partial charge in [-0.25, -0.2) is 0 Å². The molecule has 0 aliphatic heterocycles. The molecular weight excluding hydrogens is 520 g/mol. The summed E-state index contributed by atoms with van der Waals surface area (Å²) in [5.41, 5.74) is 0.337. The van der Waals surface area contributed by atoms with Gasteiger partial charge in [-0.05, 0) is 24.3 Å². The highest BCUT2D eigenvalue weighted by Crippen LogP contribution is 2.46. The van der Waals surface area contributed by atoms with Gasteiger partial charge < -0.3 is 0 Å². The molecule has 0 spiro atoms. The van der Waals surface area contributed by atoms with Crippen LogP contribution in [0.25, 0.3) is 20.9 Å². The van der Waals surface area contributed by atoms with Gasteiger partial charge in [-0.2, -0.15) is 0 Å². The van der Waals surface area contributed by atoms with Crippen LogP contribution >= 0.6 is 34.4 Å². The third-order valence-corrected chi connectivity index (χ3v) is 7.93. The first kappa shape index (κ1) is 23.9. The van der Waals surface area contributed by atoms with Crippen LogP contribution in [-0.2, 0) is 0 Å². The normalized spacial score (nSPS) is 10.7. The molecule has 15 heteroatoms. The molecule has 4 rings (SSSR count). The van der Waals surface area contributed by atoms with Crippen molar-refractivity contribution in [3.05, 3.63) is 101 Å². The lowest BCUT2D eigenvalue weighted by Crippen LogP contribution is -1.91. The quantitative estimate of drug-likeness (QED) is 0.173. The van der Waals surface area contributed by atoms with Crippen LogP contribution < -0.4 is 0 Å². The maximum atomic E-state index is 11.3. The molecule has 35 heavy (non-hydrogen) atoms. The van der Waals surface area contributed by atoms with Gasteiger partial charge in [0.2, 0.25) is 0 Å². The molecule has 2 aromatic heterocycles. The average molecular weight is 531 g/mol. The fraction of sp³-hybridized carbons (Fsp3) is 0. The van der Waals surface area contributed by atoms with Gasteiger partial charge in [0, 0.05) is 67.1 Å². The van der Waals surface area contributed by atoms with Gasteiger partial charge in [-0.15, -0.1) is 0 Å². The van der Waals surface area contributed by atoms with Crippen LogP contribution in [0.3, 0.4) is 0 Å². The number of thiophene rings is 2. The van der Waals surface area contributed by atoms with Gasteiger partial charge in [0.15, 0.2) is 0 Å². The minimum absolute atomic E-state index is 0.135. The minimum Gasteiger partial charge on any atom is -0.258 e. The average Bonchev–Trinajstić information content (AvgIpc) is 3.50. The fourth-order valence-corrected chi connectivity index (χ4v) is 5.98. The van der Waals surface area contributed by atoms with Gasteiger partial charge >= 0.3 is 10.0 Å². The maximum absolute atomic E-state index is 11.3. The molecule has 2 aromatic carbocycles. The number of rotatable bonds is 8. The van der Waals surface area contributed by atoms with Crippen molar-refractivity contribution in [2.45, 2.75) is 9.79 Å². The van der Waals surface area contributed by atoms with E-state index in [-0.39, 0.29) is 21.4 Å². The van der Waals surface area contributed by atoms with Crippen LogP contribution in [0.15, 0.2) is 70.5 Å². The Morgan fingerprint density at radius 2 is 0.943 bits per heavy atom. The maximum Gasteiger partial charge on any atom is 0.324 e. The van der Waals surface area contributed by atoms with Gasteiger partial charge in [-0.3, -0.25) is 40.5 Å². The Hall–Kier alpha value is -4.21. The molecule has 0 saturated heterocycles. The molecule has 0 amide bonds. The second kappa shape index (κ2) is 9.57. The largest absolute Gasteiger partial charge is 0.324 e. The molecule has 0 bridgehead atoms. The predicted octanol–water partition coefficient (Wildman–Crippen LogP) is 6.93. The van der Waals surface area contributed by atoms with Crippen LogP contribution in [0.1, 0.15) is 0 Å². The number of hydrogen-bond acceptors (Lipinski definition) is 11. The standard InChI is InChI=1S/C20H10N4O8S3/c25-21(26)11-1-3-15(13(9-11)17-5-7-19(34-17)23(29)30)33-16-4-2-12(22(27)28)10-14(16)18-6-8-20(35-18)24(31)32/h1-10H. The smallest absolute Gasteiger partial charge is 0.258 e. The van der Waals surface area contributed by atoms with Crippen LogP contribution in [0.4, 0.5) is 21.4 Å². The zero-order valence-corrected chi connectivity index (χ0v) is 19.5. The summed E-state index contributed by atoms with van der Waals surface area (Å²) >= 11 is 2.85. The van der Waals surface area contributed by atoms with Crippen LogP contribution in [-0.4, -0.2) is 19.7 Å². The highest BCUT2D eigenvalue weighted by atomic mass is 32.2. The van der Waals surface area contributed by atoms with Crippen molar-refractivity contribution in [2.24, 2.45) is 0 Å². The summed E-state index contributed by atoms with van der Waals surface area (Å²) < 4.78 is 0. The van der Waals surface area contributed by atoms with E-state index in [1.165, 1.54) is 60.7 Å². The summed E-state index contributed by atoms with van der Waals surface area (Å²) in [5, 5.41) is 44.7. The number of benzene rings is 2. The summed E-state index contributed by atoms with van der Waals surface area (Å²) in [6, 6.07) is 13.8. The summed E-state index contributed by atoms with van der Waals surface area (Å²) in [5.74, 6) is 0. The summed E-state index contributed by atoms with van der Waals surface area (Å²) in [6.45, 7) is 0. The highest BCUT2D eigenvalue weighted by Gasteiger charge is 2.21. The SMILES string of the molecule is O=[N+]([O-])c1ccc(Sc2ccc([N+](=O)[O-])cc2-c2ccc([N+](=O)[O-])s2)c(-c2ccc([N+](=O)[O-])s2)c1. The first-order chi connectivity index (χ1) is 16.6. The lowest BCUT2D eigenvalue weighted by Gasteiger charge is -2.11. The van der Waals surface area contributed by atoms with E-state index in [1.807, 2.05) is 0 Å². The first-order valence-corrected chi connectivity index (χ1v) is 11.8. The molecule has 4 aromatic rings. The molecule has 0 aliphatic carbocycles. The van der Waals surface area contributed by atoms with E-state index in [0.717, 1.165) is 34.4 Å². The zero-order valence-electron chi connectivity index (χ0n) is 17.1. The van der Waals surface area contributed by atoms with Crippen molar-refractivity contribution in [2.75, 3.05) is 0 Å². The van der Waals surface area contributed by atoms with Crippen LogP contribution in [0.5, 0.6) is 0 Å². The number of nitro groups is 4. The monoisotopic (exact) mass is 530 g/mol. The molecule has 0 saturated carbocycles. The molecule has 0 atom stereocenters. The molecule has 12 nitrogen and oxygen atoms in total. The van der Waals surface area contributed by atoms with E-state index in [9.17, 15) is 40.5 Å². The molecule has 2 heterocycles. The Labute approximate surface area is 207 Å². The Bertz CT molecular complexity index is 1400. The molecular formula is C20H10N4O8S3. The number of nitrogens with zero attached hydrogens (tertiary/aromatic N) is 4. The molecule has 0 N–H and O–H groups in total. The van der Waals surface area contributed by atoms with E-state index in [1.54, 1.807) is 0 Å². The van der Waals surface area contributed by atoms with Gasteiger partial charge in [0.25, 0.3) is 11.4 Å².